The first-order valence-electron chi connectivity index (χ1n) is 7.00. The van der Waals surface area contributed by atoms with Gasteiger partial charge in [0, 0.05) is 0 Å². The predicted molar refractivity (Wildman–Crippen MR) is 79.6 cm³/mol. The molecule has 2 aromatic carbocycles. The molecule has 0 aromatic heterocycles. The van der Waals surface area contributed by atoms with Gasteiger partial charge in [-0.15, -0.1) is 0 Å². The summed E-state index contributed by atoms with van der Waals surface area (Å²) in [5.74, 6) is -1.67. The zero-order valence-electron chi connectivity index (χ0n) is 11.7. The first-order chi connectivity index (χ1) is 10.2. The van der Waals surface area contributed by atoms with Crippen LogP contribution in [0.5, 0.6) is 0 Å². The summed E-state index contributed by atoms with van der Waals surface area (Å²) >= 11 is 0. The summed E-state index contributed by atoms with van der Waals surface area (Å²) in [6.07, 6.45) is 5.73. The fourth-order valence-electron chi connectivity index (χ4n) is 2.19. The van der Waals surface area contributed by atoms with Gasteiger partial charge in [0.2, 0.25) is 0 Å². The van der Waals surface area contributed by atoms with Gasteiger partial charge < -0.3 is 0 Å². The van der Waals surface area contributed by atoms with Crippen molar-refractivity contribution >= 4 is 0 Å². The fraction of sp³-hybridized carbons (Fsp3) is 0.222. The number of hydrogen-bond acceptors (Lipinski definition) is 0. The molecular formula is C18H17F3. The molecule has 21 heavy (non-hydrogen) atoms. The Morgan fingerprint density at radius 2 is 1.52 bits per heavy atom. The minimum absolute atomic E-state index is 0.580. The molecule has 0 saturated heterocycles. The standard InChI is InChI=1S/C18H17F3/c19-12-4-2-1-3-5-14-6-8-15(9-7-14)16-10-11-17(20)18(21)13-16/h4,6-13H,1-3,5H2. The number of aryl methyl sites for hydroxylation is 1. The first-order valence-corrected chi connectivity index (χ1v) is 7.00. The van der Waals surface area contributed by atoms with Crippen molar-refractivity contribution in [2.45, 2.75) is 25.7 Å². The van der Waals surface area contributed by atoms with Crippen LogP contribution in [0.15, 0.2) is 54.9 Å². The van der Waals surface area contributed by atoms with Crippen molar-refractivity contribution in [2.75, 3.05) is 0 Å². The van der Waals surface area contributed by atoms with Crippen LogP contribution in [0.2, 0.25) is 0 Å². The van der Waals surface area contributed by atoms with E-state index in [1.165, 1.54) is 17.7 Å². The lowest BCUT2D eigenvalue weighted by Crippen LogP contribution is -1.88. The molecule has 0 aliphatic carbocycles. The highest BCUT2D eigenvalue weighted by molar-refractivity contribution is 5.63. The topological polar surface area (TPSA) is 0 Å². The highest BCUT2D eigenvalue weighted by atomic mass is 19.2. The van der Waals surface area contributed by atoms with Gasteiger partial charge in [-0.1, -0.05) is 36.4 Å². The molecule has 0 atom stereocenters. The van der Waals surface area contributed by atoms with Gasteiger partial charge in [0.15, 0.2) is 11.6 Å². The van der Waals surface area contributed by atoms with Crippen LogP contribution in [0.25, 0.3) is 11.1 Å². The van der Waals surface area contributed by atoms with Crippen LogP contribution < -0.4 is 0 Å². The number of rotatable bonds is 6. The van der Waals surface area contributed by atoms with E-state index in [-0.39, 0.29) is 0 Å². The zero-order valence-corrected chi connectivity index (χ0v) is 11.7. The summed E-state index contributed by atoms with van der Waals surface area (Å²) in [5, 5.41) is 0. The normalized spacial score (nSPS) is 11.2. The summed E-state index contributed by atoms with van der Waals surface area (Å²) in [7, 11) is 0. The van der Waals surface area contributed by atoms with E-state index in [1.807, 2.05) is 24.3 Å². The van der Waals surface area contributed by atoms with Crippen molar-refractivity contribution in [1.29, 1.82) is 0 Å². The lowest BCUT2D eigenvalue weighted by atomic mass is 10.0. The Bertz CT molecular complexity index is 600. The Kier molecular flexibility index (Phi) is 5.61. The van der Waals surface area contributed by atoms with Gasteiger partial charge in [0.1, 0.15) is 0 Å². The molecule has 0 nitrogen and oxygen atoms in total. The maximum Gasteiger partial charge on any atom is 0.159 e. The molecule has 2 aromatic rings. The molecule has 3 heteroatoms. The number of benzene rings is 2. The molecular weight excluding hydrogens is 273 g/mol. The largest absolute Gasteiger partial charge is 0.216 e. The van der Waals surface area contributed by atoms with Crippen LogP contribution in [0.4, 0.5) is 13.2 Å². The third-order valence-corrected chi connectivity index (χ3v) is 3.38. The van der Waals surface area contributed by atoms with Crippen molar-refractivity contribution in [1.82, 2.24) is 0 Å². The van der Waals surface area contributed by atoms with Crippen LogP contribution in [0, 0.1) is 11.6 Å². The number of unbranched alkanes of at least 4 members (excludes halogenated alkanes) is 2. The summed E-state index contributed by atoms with van der Waals surface area (Å²) in [6.45, 7) is 0. The fourth-order valence-corrected chi connectivity index (χ4v) is 2.19. The number of allylic oxidation sites excluding steroid dienone is 1. The van der Waals surface area contributed by atoms with Gasteiger partial charge in [-0.2, -0.15) is 0 Å². The van der Waals surface area contributed by atoms with Crippen molar-refractivity contribution in [2.24, 2.45) is 0 Å². The number of hydrogen-bond donors (Lipinski definition) is 0. The van der Waals surface area contributed by atoms with E-state index in [0.717, 1.165) is 37.3 Å². The average molecular weight is 290 g/mol. The lowest BCUT2D eigenvalue weighted by molar-refractivity contribution is 0.509. The molecule has 2 rings (SSSR count). The molecule has 110 valence electrons. The van der Waals surface area contributed by atoms with Crippen molar-refractivity contribution in [3.63, 3.8) is 0 Å². The Morgan fingerprint density at radius 1 is 0.810 bits per heavy atom. The Labute approximate surface area is 122 Å². The van der Waals surface area contributed by atoms with Crippen molar-refractivity contribution in [3.05, 3.63) is 72.1 Å². The lowest BCUT2D eigenvalue weighted by Gasteiger charge is -2.05. The van der Waals surface area contributed by atoms with Gasteiger partial charge in [-0.05, 0) is 54.5 Å². The summed E-state index contributed by atoms with van der Waals surface area (Å²) in [5.41, 5.74) is 2.71. The zero-order chi connectivity index (χ0) is 15.1. The third-order valence-electron chi connectivity index (χ3n) is 3.38. The Hall–Kier alpha value is -2.03. The summed E-state index contributed by atoms with van der Waals surface area (Å²) in [6, 6.07) is 11.7. The molecule has 0 radical (unpaired) electrons. The van der Waals surface area contributed by atoms with E-state index in [0.29, 0.717) is 11.9 Å². The molecule has 0 spiro atoms. The quantitative estimate of drug-likeness (QED) is 0.587. The minimum Gasteiger partial charge on any atom is -0.216 e. The van der Waals surface area contributed by atoms with E-state index >= 15 is 0 Å². The van der Waals surface area contributed by atoms with E-state index in [1.54, 1.807) is 6.07 Å². The van der Waals surface area contributed by atoms with Crippen LogP contribution in [-0.2, 0) is 6.42 Å². The van der Waals surface area contributed by atoms with Crippen LogP contribution in [0.3, 0.4) is 0 Å². The molecule has 0 fully saturated rings. The van der Waals surface area contributed by atoms with Crippen LogP contribution in [0.1, 0.15) is 24.8 Å². The second-order valence-corrected chi connectivity index (χ2v) is 4.93. The average Bonchev–Trinajstić information content (AvgIpc) is 2.50. The Balaban J connectivity index is 1.96. The third kappa shape index (κ3) is 4.48. The van der Waals surface area contributed by atoms with Crippen molar-refractivity contribution < 1.29 is 13.2 Å². The maximum absolute atomic E-state index is 13.2. The number of halogens is 3. The van der Waals surface area contributed by atoms with Gasteiger partial charge in [-0.3, -0.25) is 0 Å². The van der Waals surface area contributed by atoms with E-state index in [4.69, 9.17) is 0 Å². The van der Waals surface area contributed by atoms with Crippen LogP contribution in [-0.4, -0.2) is 0 Å². The monoisotopic (exact) mass is 290 g/mol. The molecule has 0 saturated carbocycles. The van der Waals surface area contributed by atoms with Crippen LogP contribution >= 0.6 is 0 Å². The second kappa shape index (κ2) is 7.67. The van der Waals surface area contributed by atoms with Gasteiger partial charge >= 0.3 is 0 Å². The van der Waals surface area contributed by atoms with Gasteiger partial charge in [0.05, 0.1) is 6.33 Å². The van der Waals surface area contributed by atoms with Gasteiger partial charge in [0.25, 0.3) is 0 Å². The highest BCUT2D eigenvalue weighted by Crippen LogP contribution is 2.22. The Morgan fingerprint density at radius 3 is 2.19 bits per heavy atom. The molecule has 0 N–H and O–H groups in total. The molecule has 0 unspecified atom stereocenters. The molecule has 0 amide bonds. The first kappa shape index (κ1) is 15.4. The molecule has 0 heterocycles. The van der Waals surface area contributed by atoms with E-state index in [2.05, 4.69) is 0 Å². The predicted octanol–water partition coefficient (Wildman–Crippen LogP) is 5.83. The maximum atomic E-state index is 13.2. The SMILES string of the molecule is FC=CCCCCc1ccc(-c2ccc(F)c(F)c2)cc1. The van der Waals surface area contributed by atoms with Gasteiger partial charge in [-0.25, -0.2) is 13.2 Å². The smallest absolute Gasteiger partial charge is 0.159 e. The van der Waals surface area contributed by atoms with E-state index < -0.39 is 11.6 Å². The molecule has 0 aliphatic rings. The summed E-state index contributed by atoms with van der Waals surface area (Å²) in [4.78, 5) is 0. The highest BCUT2D eigenvalue weighted by Gasteiger charge is 2.04. The second-order valence-electron chi connectivity index (χ2n) is 4.93. The molecule has 0 aliphatic heterocycles. The van der Waals surface area contributed by atoms with Crippen molar-refractivity contribution in [3.8, 4) is 11.1 Å². The minimum atomic E-state index is -0.836. The molecule has 0 bridgehead atoms. The van der Waals surface area contributed by atoms with E-state index in [9.17, 15) is 13.2 Å². The summed E-state index contributed by atoms with van der Waals surface area (Å²) < 4.78 is 37.9.